The third-order valence-electron chi connectivity index (χ3n) is 1.47. The van der Waals surface area contributed by atoms with Crippen molar-refractivity contribution >= 4 is 5.97 Å². The minimum atomic E-state index is -0.911. The Balaban J connectivity index is 4.24. The molecule has 0 spiro atoms. The number of hydrogen-bond donors (Lipinski definition) is 1. The van der Waals surface area contributed by atoms with Crippen molar-refractivity contribution in [2.75, 3.05) is 0 Å². The van der Waals surface area contributed by atoms with E-state index in [4.69, 9.17) is 9.84 Å². The number of carboxylic acids is 1. The van der Waals surface area contributed by atoms with Gasteiger partial charge in [0.1, 0.15) is 0 Å². The van der Waals surface area contributed by atoms with Gasteiger partial charge in [0.25, 0.3) is 0 Å². The van der Waals surface area contributed by atoms with E-state index in [1.807, 2.05) is 13.8 Å². The van der Waals surface area contributed by atoms with Crippen LogP contribution in [0.25, 0.3) is 0 Å². The summed E-state index contributed by atoms with van der Waals surface area (Å²) in [6, 6.07) is 0. The Morgan fingerprint density at radius 2 is 1.92 bits per heavy atom. The molecule has 12 heavy (non-hydrogen) atoms. The molecule has 0 amide bonds. The van der Waals surface area contributed by atoms with E-state index in [1.54, 1.807) is 19.9 Å². The highest BCUT2D eigenvalue weighted by molar-refractivity contribution is 5.87. The first-order chi connectivity index (χ1) is 5.49. The molecule has 3 nitrogen and oxygen atoms in total. The zero-order chi connectivity index (χ0) is 9.72. The van der Waals surface area contributed by atoms with Gasteiger partial charge in [0.05, 0.1) is 17.8 Å². The Morgan fingerprint density at radius 1 is 1.42 bits per heavy atom. The SMILES string of the molecule is C/C=C(/C(=O)O)C(C)OC(C)C. The van der Waals surface area contributed by atoms with Crippen LogP contribution in [-0.4, -0.2) is 23.3 Å². The van der Waals surface area contributed by atoms with E-state index >= 15 is 0 Å². The molecule has 0 heterocycles. The summed E-state index contributed by atoms with van der Waals surface area (Å²) in [4.78, 5) is 10.6. The quantitative estimate of drug-likeness (QED) is 0.658. The molecule has 0 aliphatic rings. The molecule has 3 heteroatoms. The maximum absolute atomic E-state index is 10.6. The topological polar surface area (TPSA) is 46.5 Å². The fourth-order valence-electron chi connectivity index (χ4n) is 1.01. The summed E-state index contributed by atoms with van der Waals surface area (Å²) in [6.45, 7) is 7.20. The molecular formula is C9H16O3. The van der Waals surface area contributed by atoms with Crippen LogP contribution in [0.4, 0.5) is 0 Å². The Kier molecular flexibility index (Phi) is 4.59. The monoisotopic (exact) mass is 172 g/mol. The molecule has 0 aliphatic carbocycles. The number of carbonyl (C=O) groups is 1. The summed E-state index contributed by atoms with van der Waals surface area (Å²) >= 11 is 0. The van der Waals surface area contributed by atoms with Crippen LogP contribution in [0.1, 0.15) is 27.7 Å². The molecule has 0 radical (unpaired) electrons. The lowest BCUT2D eigenvalue weighted by atomic mass is 10.1. The summed E-state index contributed by atoms with van der Waals surface area (Å²) in [5.41, 5.74) is 0.309. The third-order valence-corrected chi connectivity index (χ3v) is 1.47. The molecule has 0 saturated carbocycles. The predicted molar refractivity (Wildman–Crippen MR) is 47.1 cm³/mol. The molecule has 0 saturated heterocycles. The molecule has 1 N–H and O–H groups in total. The number of rotatable bonds is 4. The number of allylic oxidation sites excluding steroid dienone is 1. The lowest BCUT2D eigenvalue weighted by molar-refractivity contribution is -0.134. The van der Waals surface area contributed by atoms with E-state index in [0.29, 0.717) is 5.57 Å². The smallest absolute Gasteiger partial charge is 0.333 e. The van der Waals surface area contributed by atoms with Crippen LogP contribution in [-0.2, 0) is 9.53 Å². The van der Waals surface area contributed by atoms with Crippen LogP contribution < -0.4 is 0 Å². The van der Waals surface area contributed by atoms with Crippen molar-refractivity contribution in [3.8, 4) is 0 Å². The highest BCUT2D eigenvalue weighted by atomic mass is 16.5. The van der Waals surface area contributed by atoms with Crippen molar-refractivity contribution in [3.05, 3.63) is 11.6 Å². The zero-order valence-electron chi connectivity index (χ0n) is 8.00. The molecule has 1 unspecified atom stereocenters. The Bertz CT molecular complexity index is 182. The first-order valence-corrected chi connectivity index (χ1v) is 4.04. The fourth-order valence-corrected chi connectivity index (χ4v) is 1.01. The molecular weight excluding hydrogens is 156 g/mol. The molecule has 0 aromatic carbocycles. The Hall–Kier alpha value is -0.830. The van der Waals surface area contributed by atoms with Gasteiger partial charge in [0.15, 0.2) is 0 Å². The summed E-state index contributed by atoms with van der Waals surface area (Å²) in [7, 11) is 0. The molecule has 0 fully saturated rings. The van der Waals surface area contributed by atoms with Gasteiger partial charge in [-0.2, -0.15) is 0 Å². The van der Waals surface area contributed by atoms with Gasteiger partial charge in [-0.25, -0.2) is 4.79 Å². The van der Waals surface area contributed by atoms with Crippen molar-refractivity contribution in [2.45, 2.75) is 39.9 Å². The third kappa shape index (κ3) is 3.53. The van der Waals surface area contributed by atoms with Crippen LogP contribution in [0, 0.1) is 0 Å². The van der Waals surface area contributed by atoms with Crippen LogP contribution in [0.15, 0.2) is 11.6 Å². The first-order valence-electron chi connectivity index (χ1n) is 4.04. The van der Waals surface area contributed by atoms with Crippen molar-refractivity contribution < 1.29 is 14.6 Å². The van der Waals surface area contributed by atoms with Gasteiger partial charge in [0, 0.05) is 0 Å². The van der Waals surface area contributed by atoms with Gasteiger partial charge < -0.3 is 9.84 Å². The molecule has 70 valence electrons. The lowest BCUT2D eigenvalue weighted by Crippen LogP contribution is -2.21. The molecule has 0 bridgehead atoms. The van der Waals surface area contributed by atoms with Crippen molar-refractivity contribution in [3.63, 3.8) is 0 Å². The molecule has 0 aliphatic heterocycles. The summed E-state index contributed by atoms with van der Waals surface area (Å²) in [6.07, 6.45) is 1.27. The van der Waals surface area contributed by atoms with E-state index in [2.05, 4.69) is 0 Å². The maximum atomic E-state index is 10.6. The number of ether oxygens (including phenoxy) is 1. The van der Waals surface area contributed by atoms with Crippen LogP contribution >= 0.6 is 0 Å². The minimum absolute atomic E-state index is 0.0503. The zero-order valence-corrected chi connectivity index (χ0v) is 8.00. The largest absolute Gasteiger partial charge is 0.478 e. The van der Waals surface area contributed by atoms with Gasteiger partial charge >= 0.3 is 5.97 Å². The highest BCUT2D eigenvalue weighted by Gasteiger charge is 2.16. The lowest BCUT2D eigenvalue weighted by Gasteiger charge is -2.16. The van der Waals surface area contributed by atoms with E-state index in [-0.39, 0.29) is 12.2 Å². The van der Waals surface area contributed by atoms with Gasteiger partial charge in [-0.3, -0.25) is 0 Å². The average molecular weight is 172 g/mol. The number of carboxylic acid groups (broad SMARTS) is 1. The van der Waals surface area contributed by atoms with E-state index in [9.17, 15) is 4.79 Å². The summed E-state index contributed by atoms with van der Waals surface area (Å²) < 4.78 is 5.32. The van der Waals surface area contributed by atoms with Gasteiger partial charge in [0.2, 0.25) is 0 Å². The highest BCUT2D eigenvalue weighted by Crippen LogP contribution is 2.08. The van der Waals surface area contributed by atoms with Crippen molar-refractivity contribution in [1.82, 2.24) is 0 Å². The van der Waals surface area contributed by atoms with Gasteiger partial charge in [-0.1, -0.05) is 6.08 Å². The number of hydrogen-bond acceptors (Lipinski definition) is 2. The Labute approximate surface area is 73.0 Å². The number of aliphatic carboxylic acids is 1. The van der Waals surface area contributed by atoms with Crippen LogP contribution in [0.2, 0.25) is 0 Å². The molecule has 0 rings (SSSR count). The van der Waals surface area contributed by atoms with Gasteiger partial charge in [-0.05, 0) is 27.7 Å². The van der Waals surface area contributed by atoms with Gasteiger partial charge in [-0.15, -0.1) is 0 Å². The first kappa shape index (κ1) is 11.2. The van der Waals surface area contributed by atoms with Crippen LogP contribution in [0.3, 0.4) is 0 Å². The summed E-state index contributed by atoms with van der Waals surface area (Å²) in [5, 5.41) is 8.71. The Morgan fingerprint density at radius 3 is 2.17 bits per heavy atom. The van der Waals surface area contributed by atoms with Crippen molar-refractivity contribution in [2.24, 2.45) is 0 Å². The minimum Gasteiger partial charge on any atom is -0.478 e. The predicted octanol–water partition coefficient (Wildman–Crippen LogP) is 1.83. The molecule has 0 aromatic heterocycles. The summed E-state index contributed by atoms with van der Waals surface area (Å²) in [5.74, 6) is -0.911. The van der Waals surface area contributed by atoms with E-state index in [1.165, 1.54) is 0 Å². The molecule has 1 atom stereocenters. The average Bonchev–Trinajstić information content (AvgIpc) is 1.85. The maximum Gasteiger partial charge on any atom is 0.333 e. The van der Waals surface area contributed by atoms with Crippen LogP contribution in [0.5, 0.6) is 0 Å². The second-order valence-electron chi connectivity index (χ2n) is 2.88. The van der Waals surface area contributed by atoms with Crippen molar-refractivity contribution in [1.29, 1.82) is 0 Å². The molecule has 0 aromatic rings. The standard InChI is InChI=1S/C9H16O3/c1-5-8(9(10)11)7(4)12-6(2)3/h5-7H,1-4H3,(H,10,11)/b8-5+. The van der Waals surface area contributed by atoms with E-state index in [0.717, 1.165) is 0 Å². The second kappa shape index (κ2) is 4.93. The van der Waals surface area contributed by atoms with E-state index < -0.39 is 5.97 Å². The second-order valence-corrected chi connectivity index (χ2v) is 2.88. The normalized spacial score (nSPS) is 14.9. The fraction of sp³-hybridized carbons (Fsp3) is 0.667.